The molecule has 7 N–H and O–H groups in total. The number of benzene rings is 2. The van der Waals surface area contributed by atoms with E-state index in [1.165, 1.54) is 11.3 Å². The van der Waals surface area contributed by atoms with E-state index in [1.807, 2.05) is 37.3 Å². The number of ketones is 1. The molecule has 1 aliphatic carbocycles. The second-order valence-electron chi connectivity index (χ2n) is 9.29. The maximum atomic E-state index is 13.8. The Hall–Kier alpha value is -2.78. The molecule has 3 unspecified atom stereocenters. The lowest BCUT2D eigenvalue weighted by molar-refractivity contribution is -0.124. The number of nitrogens with zero attached hydrogens (tertiary/aromatic N) is 1. The number of carbonyl (C=O) groups excluding carboxylic acids is 2. The first kappa shape index (κ1) is 22.0. The zero-order valence-electron chi connectivity index (χ0n) is 18.9. The topological polar surface area (TPSA) is 127 Å². The highest BCUT2D eigenvalue weighted by Gasteiger charge is 2.49. The molecule has 1 fully saturated rings. The second kappa shape index (κ2) is 7.92. The minimum absolute atomic E-state index is 0.0570. The summed E-state index contributed by atoms with van der Waals surface area (Å²) >= 11 is 1.29. The van der Waals surface area contributed by atoms with Crippen LogP contribution < -0.4 is 22.5 Å². The number of hydrogen-bond acceptors (Lipinski definition) is 7. The first-order chi connectivity index (χ1) is 15.7. The molecule has 0 saturated carbocycles. The number of nitrogens with two attached hydrogens (primary N) is 3. The van der Waals surface area contributed by atoms with Crippen LogP contribution in [0, 0.1) is 6.92 Å². The van der Waals surface area contributed by atoms with Crippen molar-refractivity contribution >= 4 is 38.8 Å². The van der Waals surface area contributed by atoms with Crippen LogP contribution in [0.2, 0.25) is 0 Å². The molecule has 3 aromatic rings. The van der Waals surface area contributed by atoms with Crippen LogP contribution in [0.1, 0.15) is 50.8 Å². The average Bonchev–Trinajstić information content (AvgIpc) is 3.19. The van der Waals surface area contributed by atoms with Gasteiger partial charge in [0.15, 0.2) is 5.78 Å². The fourth-order valence-electron chi connectivity index (χ4n) is 5.38. The number of rotatable bonds is 3. The number of likely N-dealkylation sites (tertiary alicyclic amines) is 1. The second-order valence-corrected chi connectivity index (χ2v) is 10.3. The van der Waals surface area contributed by atoms with E-state index in [0.717, 1.165) is 41.6 Å². The number of amides is 1. The molecule has 1 aromatic heterocycles. The van der Waals surface area contributed by atoms with E-state index in [9.17, 15) is 9.59 Å². The van der Waals surface area contributed by atoms with Gasteiger partial charge in [-0.2, -0.15) is 0 Å². The van der Waals surface area contributed by atoms with Crippen molar-refractivity contribution in [2.24, 2.45) is 11.5 Å². The fraction of sp³-hybridized carbons (Fsp3) is 0.360. The predicted octanol–water partition coefficient (Wildman–Crippen LogP) is 2.40. The number of hydrogen-bond donors (Lipinski definition) is 4. The summed E-state index contributed by atoms with van der Waals surface area (Å²) in [4.78, 5) is 29.8. The van der Waals surface area contributed by atoms with Gasteiger partial charge >= 0.3 is 0 Å². The normalized spacial score (nSPS) is 25.4. The van der Waals surface area contributed by atoms with Crippen LogP contribution in [0.15, 0.2) is 36.4 Å². The maximum Gasteiger partial charge on any atom is 0.262 e. The molecule has 5 rings (SSSR count). The van der Waals surface area contributed by atoms with Crippen LogP contribution in [0.3, 0.4) is 0 Å². The first-order valence-electron chi connectivity index (χ1n) is 11.2. The van der Waals surface area contributed by atoms with Crippen molar-refractivity contribution in [2.75, 3.05) is 25.9 Å². The summed E-state index contributed by atoms with van der Waals surface area (Å²) in [6, 6.07) is 10.2. The summed E-state index contributed by atoms with van der Waals surface area (Å²) in [5, 5.41) is 3.89. The van der Waals surface area contributed by atoms with Crippen molar-refractivity contribution in [3.05, 3.63) is 63.5 Å². The lowest BCUT2D eigenvalue weighted by Crippen LogP contribution is -2.53. The van der Waals surface area contributed by atoms with Crippen molar-refractivity contribution in [2.45, 2.75) is 37.4 Å². The van der Waals surface area contributed by atoms with Crippen LogP contribution in [0.25, 0.3) is 10.1 Å². The molecule has 2 heterocycles. The number of aryl methyl sites for hydroxylation is 1. The highest BCUT2D eigenvalue weighted by atomic mass is 32.1. The van der Waals surface area contributed by atoms with Crippen LogP contribution in [0.5, 0.6) is 0 Å². The van der Waals surface area contributed by atoms with Gasteiger partial charge in [-0.05, 0) is 56.1 Å². The highest BCUT2D eigenvalue weighted by Crippen LogP contribution is 2.49. The Kier molecular flexibility index (Phi) is 5.29. The minimum atomic E-state index is -1.41. The van der Waals surface area contributed by atoms with E-state index in [1.54, 1.807) is 6.07 Å². The van der Waals surface area contributed by atoms with Gasteiger partial charge in [-0.15, -0.1) is 11.3 Å². The van der Waals surface area contributed by atoms with E-state index in [4.69, 9.17) is 17.2 Å². The van der Waals surface area contributed by atoms with Gasteiger partial charge in [0, 0.05) is 29.2 Å². The third-order valence-corrected chi connectivity index (χ3v) is 8.30. The van der Waals surface area contributed by atoms with Gasteiger partial charge in [0.1, 0.15) is 5.54 Å². The lowest BCUT2D eigenvalue weighted by Gasteiger charge is -2.37. The summed E-state index contributed by atoms with van der Waals surface area (Å²) in [6.45, 7) is 3.75. The molecular weight excluding hydrogens is 434 g/mol. The Morgan fingerprint density at radius 1 is 1.21 bits per heavy atom. The molecule has 0 bridgehead atoms. The Morgan fingerprint density at radius 3 is 2.70 bits per heavy atom. The van der Waals surface area contributed by atoms with Gasteiger partial charge in [-0.25, -0.2) is 0 Å². The van der Waals surface area contributed by atoms with Crippen LogP contribution in [0.4, 0.5) is 5.69 Å². The molecule has 1 saturated heterocycles. The molecule has 7 nitrogen and oxygen atoms in total. The monoisotopic (exact) mass is 463 g/mol. The number of nitrogens with one attached hydrogen (secondary N) is 1. The smallest absolute Gasteiger partial charge is 0.262 e. The largest absolute Gasteiger partial charge is 0.398 e. The number of nitrogen functional groups attached to an aromatic ring is 1. The average molecular weight is 464 g/mol. The molecule has 2 aliphatic rings. The standard InChI is InChI=1S/C25H29N5O2S/c1-13-6-3-4-8-15(13)25(28)16-9-10-17(26)21-18(16)19(20(27)23(25)31)22(33-21)24(32)29-14-7-5-11-30(2)12-14/h3-4,6,8-10,14,20H,5,7,11-12,26-28H2,1-2H3,(H,29,32). The number of carbonyl (C=O) groups is 2. The van der Waals surface area contributed by atoms with Gasteiger partial charge in [0.05, 0.1) is 15.6 Å². The van der Waals surface area contributed by atoms with E-state index < -0.39 is 11.6 Å². The van der Waals surface area contributed by atoms with E-state index in [-0.39, 0.29) is 17.7 Å². The molecule has 0 radical (unpaired) electrons. The molecule has 33 heavy (non-hydrogen) atoms. The van der Waals surface area contributed by atoms with Gasteiger partial charge in [0.2, 0.25) is 0 Å². The van der Waals surface area contributed by atoms with Crippen molar-refractivity contribution in [3.8, 4) is 0 Å². The Morgan fingerprint density at radius 2 is 1.97 bits per heavy atom. The molecule has 8 heteroatoms. The number of piperidine rings is 1. The minimum Gasteiger partial charge on any atom is -0.398 e. The van der Waals surface area contributed by atoms with E-state index >= 15 is 0 Å². The number of likely N-dealkylation sites (N-methyl/N-ethyl adjacent to an activating group) is 1. The van der Waals surface area contributed by atoms with Crippen molar-refractivity contribution < 1.29 is 9.59 Å². The Balaban J connectivity index is 1.68. The third-order valence-electron chi connectivity index (χ3n) is 7.05. The fourth-order valence-corrected chi connectivity index (χ4v) is 6.58. The summed E-state index contributed by atoms with van der Waals surface area (Å²) in [5.41, 5.74) is 21.7. The zero-order valence-corrected chi connectivity index (χ0v) is 19.7. The third kappa shape index (κ3) is 3.28. The lowest BCUT2D eigenvalue weighted by atomic mass is 9.69. The van der Waals surface area contributed by atoms with Crippen LogP contribution in [-0.2, 0) is 10.3 Å². The summed E-state index contributed by atoms with van der Waals surface area (Å²) in [5.74, 6) is -0.527. The molecule has 172 valence electrons. The Bertz CT molecular complexity index is 1290. The zero-order chi connectivity index (χ0) is 23.5. The number of thiophene rings is 1. The van der Waals surface area contributed by atoms with Crippen molar-refractivity contribution in [1.82, 2.24) is 10.2 Å². The SMILES string of the molecule is Cc1ccccc1C1(N)C(=O)C(N)c2c(C(=O)NC3CCCN(C)C3)sc3c(N)ccc1c23. The first-order valence-corrected chi connectivity index (χ1v) is 12.0. The quantitative estimate of drug-likeness (QED) is 0.442. The highest BCUT2D eigenvalue weighted by molar-refractivity contribution is 7.21. The molecular formula is C25H29N5O2S. The molecule has 0 spiro atoms. The maximum absolute atomic E-state index is 13.8. The van der Waals surface area contributed by atoms with Gasteiger partial charge in [-0.1, -0.05) is 30.3 Å². The molecule has 2 aromatic carbocycles. The summed E-state index contributed by atoms with van der Waals surface area (Å²) in [7, 11) is 2.05. The Labute approximate surface area is 196 Å². The molecule has 3 atom stereocenters. The molecule has 1 amide bonds. The summed E-state index contributed by atoms with van der Waals surface area (Å²) in [6.07, 6.45) is 1.95. The van der Waals surface area contributed by atoms with Crippen molar-refractivity contribution in [3.63, 3.8) is 0 Å². The predicted molar refractivity (Wildman–Crippen MR) is 132 cm³/mol. The van der Waals surface area contributed by atoms with Gasteiger partial charge < -0.3 is 27.4 Å². The molecule has 1 aliphatic heterocycles. The number of Topliss-reactive ketones (excluding diaryl/α,β-unsaturated/α-hetero) is 1. The number of anilines is 1. The van der Waals surface area contributed by atoms with E-state index in [2.05, 4.69) is 17.3 Å². The van der Waals surface area contributed by atoms with Crippen LogP contribution >= 0.6 is 11.3 Å². The summed E-state index contributed by atoms with van der Waals surface area (Å²) < 4.78 is 0.750. The van der Waals surface area contributed by atoms with E-state index in [0.29, 0.717) is 27.3 Å². The van der Waals surface area contributed by atoms with Crippen LogP contribution in [-0.4, -0.2) is 42.8 Å². The van der Waals surface area contributed by atoms with Gasteiger partial charge in [0.25, 0.3) is 5.91 Å². The van der Waals surface area contributed by atoms with Crippen molar-refractivity contribution in [1.29, 1.82) is 0 Å². The van der Waals surface area contributed by atoms with Gasteiger partial charge in [-0.3, -0.25) is 9.59 Å².